The fourth-order valence-electron chi connectivity index (χ4n) is 2.43. The standard InChI is InChI=1S/C19H24ClNO4S/c1-15-6-11-18(24-3)19(14-15)26(22,23)21(2)12-4-5-13-25-17-9-7-16(20)8-10-17/h6-11,14H,4-5,12-13H2,1-3H3. The maximum absolute atomic E-state index is 12.8. The average molecular weight is 398 g/mol. The van der Waals surface area contributed by atoms with Crippen molar-refractivity contribution in [2.75, 3.05) is 27.3 Å². The largest absolute Gasteiger partial charge is 0.495 e. The molecule has 5 nitrogen and oxygen atoms in total. The van der Waals surface area contributed by atoms with Crippen LogP contribution in [0.3, 0.4) is 0 Å². The Bertz CT molecular complexity index is 822. The van der Waals surface area contributed by atoms with Crippen molar-refractivity contribution in [1.82, 2.24) is 4.31 Å². The minimum absolute atomic E-state index is 0.194. The Morgan fingerprint density at radius 3 is 2.42 bits per heavy atom. The first-order valence-electron chi connectivity index (χ1n) is 8.34. The fraction of sp³-hybridized carbons (Fsp3) is 0.368. The van der Waals surface area contributed by atoms with Crippen LogP contribution in [0.2, 0.25) is 5.02 Å². The van der Waals surface area contributed by atoms with E-state index in [1.54, 1.807) is 31.3 Å². The Balaban J connectivity index is 1.87. The Hall–Kier alpha value is -1.76. The summed E-state index contributed by atoms with van der Waals surface area (Å²) in [5, 5.41) is 0.663. The van der Waals surface area contributed by atoms with E-state index < -0.39 is 10.0 Å². The quantitative estimate of drug-likeness (QED) is 0.597. The highest BCUT2D eigenvalue weighted by Crippen LogP contribution is 2.27. The van der Waals surface area contributed by atoms with Crippen molar-refractivity contribution in [2.24, 2.45) is 0 Å². The summed E-state index contributed by atoms with van der Waals surface area (Å²) < 4.78 is 37.7. The number of ether oxygens (including phenoxy) is 2. The van der Waals surface area contributed by atoms with Gasteiger partial charge in [-0.2, -0.15) is 0 Å². The molecule has 0 spiro atoms. The first kappa shape index (κ1) is 20.6. The van der Waals surface area contributed by atoms with E-state index in [-0.39, 0.29) is 4.90 Å². The van der Waals surface area contributed by atoms with Gasteiger partial charge in [-0.15, -0.1) is 0 Å². The van der Waals surface area contributed by atoms with E-state index in [2.05, 4.69) is 0 Å². The van der Waals surface area contributed by atoms with Gasteiger partial charge in [0.15, 0.2) is 0 Å². The molecule has 0 atom stereocenters. The molecule has 0 radical (unpaired) electrons. The van der Waals surface area contributed by atoms with E-state index >= 15 is 0 Å². The Kier molecular flexibility index (Phi) is 7.32. The zero-order valence-electron chi connectivity index (χ0n) is 15.2. The highest BCUT2D eigenvalue weighted by Gasteiger charge is 2.24. The van der Waals surface area contributed by atoms with E-state index in [4.69, 9.17) is 21.1 Å². The van der Waals surface area contributed by atoms with E-state index in [0.717, 1.165) is 17.7 Å². The summed E-state index contributed by atoms with van der Waals surface area (Å²) in [6, 6.07) is 12.3. The minimum atomic E-state index is -3.60. The van der Waals surface area contributed by atoms with Crippen LogP contribution in [0.15, 0.2) is 47.4 Å². The second-order valence-corrected chi connectivity index (χ2v) is 8.44. The van der Waals surface area contributed by atoms with Crippen molar-refractivity contribution in [1.29, 1.82) is 0 Å². The minimum Gasteiger partial charge on any atom is -0.495 e. The molecule has 0 aromatic heterocycles. The van der Waals surface area contributed by atoms with Gasteiger partial charge in [-0.3, -0.25) is 0 Å². The third-order valence-corrected chi connectivity index (χ3v) is 6.09. The molecule has 0 unspecified atom stereocenters. The molecule has 142 valence electrons. The third kappa shape index (κ3) is 5.37. The predicted octanol–water partition coefficient (Wildman–Crippen LogP) is 4.14. The van der Waals surface area contributed by atoms with Gasteiger partial charge in [-0.1, -0.05) is 17.7 Å². The van der Waals surface area contributed by atoms with Crippen molar-refractivity contribution in [2.45, 2.75) is 24.7 Å². The number of hydrogen-bond acceptors (Lipinski definition) is 4. The van der Waals surface area contributed by atoms with Gasteiger partial charge < -0.3 is 9.47 Å². The van der Waals surface area contributed by atoms with Crippen LogP contribution in [-0.4, -0.2) is 40.0 Å². The highest BCUT2D eigenvalue weighted by atomic mass is 35.5. The maximum Gasteiger partial charge on any atom is 0.246 e. The molecule has 26 heavy (non-hydrogen) atoms. The van der Waals surface area contributed by atoms with Crippen molar-refractivity contribution < 1.29 is 17.9 Å². The van der Waals surface area contributed by atoms with Crippen LogP contribution in [0.5, 0.6) is 11.5 Å². The first-order chi connectivity index (χ1) is 12.3. The first-order valence-corrected chi connectivity index (χ1v) is 10.2. The molecule has 0 aliphatic heterocycles. The molecular formula is C19H24ClNO4S. The van der Waals surface area contributed by atoms with Gasteiger partial charge in [0, 0.05) is 18.6 Å². The monoisotopic (exact) mass is 397 g/mol. The number of aryl methyl sites for hydroxylation is 1. The maximum atomic E-state index is 12.8. The fourth-order valence-corrected chi connectivity index (χ4v) is 4.00. The summed E-state index contributed by atoms with van der Waals surface area (Å²) in [6.45, 7) is 2.78. The van der Waals surface area contributed by atoms with Crippen molar-refractivity contribution in [3.8, 4) is 11.5 Å². The molecule has 0 amide bonds. The van der Waals surface area contributed by atoms with Crippen LogP contribution < -0.4 is 9.47 Å². The molecule has 0 saturated heterocycles. The highest BCUT2D eigenvalue weighted by molar-refractivity contribution is 7.89. The smallest absolute Gasteiger partial charge is 0.246 e. The predicted molar refractivity (Wildman–Crippen MR) is 104 cm³/mol. The lowest BCUT2D eigenvalue weighted by molar-refractivity contribution is 0.300. The van der Waals surface area contributed by atoms with E-state index in [0.29, 0.717) is 30.3 Å². The number of hydrogen-bond donors (Lipinski definition) is 0. The van der Waals surface area contributed by atoms with Crippen LogP contribution in [0.1, 0.15) is 18.4 Å². The molecule has 0 aliphatic rings. The molecule has 0 N–H and O–H groups in total. The molecule has 7 heteroatoms. The van der Waals surface area contributed by atoms with E-state index in [1.165, 1.54) is 11.4 Å². The summed E-state index contributed by atoms with van der Waals surface area (Å²) in [5.74, 6) is 1.10. The number of methoxy groups -OCH3 is 1. The van der Waals surface area contributed by atoms with E-state index in [1.807, 2.05) is 25.1 Å². The Morgan fingerprint density at radius 1 is 1.08 bits per heavy atom. The van der Waals surface area contributed by atoms with Gasteiger partial charge in [0.1, 0.15) is 16.4 Å². The summed E-state index contributed by atoms with van der Waals surface area (Å²) in [6.07, 6.45) is 1.44. The van der Waals surface area contributed by atoms with Gasteiger partial charge >= 0.3 is 0 Å². The average Bonchev–Trinajstić information content (AvgIpc) is 2.62. The van der Waals surface area contributed by atoms with E-state index in [9.17, 15) is 8.42 Å². The molecule has 0 aliphatic carbocycles. The lowest BCUT2D eigenvalue weighted by atomic mass is 10.2. The summed E-state index contributed by atoms with van der Waals surface area (Å²) in [5.41, 5.74) is 0.870. The van der Waals surface area contributed by atoms with Crippen molar-refractivity contribution in [3.05, 3.63) is 53.1 Å². The Morgan fingerprint density at radius 2 is 1.77 bits per heavy atom. The lowest BCUT2D eigenvalue weighted by Crippen LogP contribution is -2.28. The molecule has 0 bridgehead atoms. The molecule has 0 heterocycles. The van der Waals surface area contributed by atoms with Crippen molar-refractivity contribution in [3.63, 3.8) is 0 Å². The number of nitrogens with zero attached hydrogens (tertiary/aromatic N) is 1. The number of unbranched alkanes of at least 4 members (excludes halogenated alkanes) is 1. The summed E-state index contributed by atoms with van der Waals surface area (Å²) in [4.78, 5) is 0.194. The molecule has 2 aromatic rings. The summed E-state index contributed by atoms with van der Waals surface area (Å²) in [7, 11) is -0.545. The van der Waals surface area contributed by atoms with Gasteiger partial charge in [0.25, 0.3) is 0 Å². The number of benzene rings is 2. The van der Waals surface area contributed by atoms with Crippen LogP contribution in [0.4, 0.5) is 0 Å². The lowest BCUT2D eigenvalue weighted by Gasteiger charge is -2.19. The van der Waals surface area contributed by atoms with Gasteiger partial charge in [-0.05, 0) is 61.7 Å². The number of rotatable bonds is 9. The second kappa shape index (κ2) is 9.26. The van der Waals surface area contributed by atoms with Gasteiger partial charge in [0.05, 0.1) is 13.7 Å². The van der Waals surface area contributed by atoms with Gasteiger partial charge in [-0.25, -0.2) is 12.7 Å². The number of halogens is 1. The SMILES string of the molecule is COc1ccc(C)cc1S(=O)(=O)N(C)CCCCOc1ccc(Cl)cc1. The molecule has 0 saturated carbocycles. The Labute approximate surface area is 160 Å². The van der Waals surface area contributed by atoms with Crippen LogP contribution in [0.25, 0.3) is 0 Å². The molecule has 2 rings (SSSR count). The van der Waals surface area contributed by atoms with Crippen LogP contribution in [-0.2, 0) is 10.0 Å². The molecular weight excluding hydrogens is 374 g/mol. The second-order valence-electron chi connectivity index (χ2n) is 5.99. The topological polar surface area (TPSA) is 55.8 Å². The zero-order chi connectivity index (χ0) is 19.2. The van der Waals surface area contributed by atoms with Crippen LogP contribution in [0, 0.1) is 6.92 Å². The third-order valence-electron chi connectivity index (χ3n) is 3.96. The zero-order valence-corrected chi connectivity index (χ0v) is 16.8. The van der Waals surface area contributed by atoms with Gasteiger partial charge in [0.2, 0.25) is 10.0 Å². The number of sulfonamides is 1. The van der Waals surface area contributed by atoms with Crippen molar-refractivity contribution >= 4 is 21.6 Å². The van der Waals surface area contributed by atoms with Crippen LogP contribution >= 0.6 is 11.6 Å². The molecule has 0 fully saturated rings. The molecule has 2 aromatic carbocycles. The normalized spacial score (nSPS) is 11.6. The summed E-state index contributed by atoms with van der Waals surface area (Å²) >= 11 is 5.83.